The Morgan fingerprint density at radius 3 is 2.53 bits per heavy atom. The minimum Gasteiger partial charge on any atom is -0.383 e. The van der Waals surface area contributed by atoms with Crippen molar-refractivity contribution in [1.82, 2.24) is 4.98 Å². The second-order valence-corrected chi connectivity index (χ2v) is 5.53. The fourth-order valence-corrected chi connectivity index (χ4v) is 2.43. The van der Waals surface area contributed by atoms with Gasteiger partial charge in [-0.3, -0.25) is 0 Å². The molecule has 2 aromatic rings. The van der Waals surface area contributed by atoms with Gasteiger partial charge in [0.1, 0.15) is 6.10 Å². The number of aliphatic hydroxyl groups excluding tert-OH is 1. The monoisotopic (exact) mass is 303 g/mol. The summed E-state index contributed by atoms with van der Waals surface area (Å²) in [5.41, 5.74) is 0.832. The fraction of sp³-hybridized carbons (Fsp3) is 0.100. The van der Waals surface area contributed by atoms with Gasteiger partial charge in [0, 0.05) is 10.7 Å². The molecule has 0 aliphatic rings. The predicted octanol–water partition coefficient (Wildman–Crippen LogP) is 3.64. The van der Waals surface area contributed by atoms with Crippen molar-refractivity contribution in [2.75, 3.05) is 0 Å². The Morgan fingerprint density at radius 1 is 1.33 bits per heavy atom. The quantitative estimate of drug-likeness (QED) is 0.919. The zero-order valence-electron chi connectivity index (χ0n) is 7.52. The number of aliphatic hydroxyl groups is 1. The molecule has 1 N–H and O–H groups in total. The molecule has 1 aromatic carbocycles. The van der Waals surface area contributed by atoms with Gasteiger partial charge in [0.05, 0.1) is 4.88 Å². The molecule has 0 saturated carbocycles. The molecule has 0 fully saturated rings. The zero-order valence-corrected chi connectivity index (χ0v) is 10.7. The second kappa shape index (κ2) is 4.61. The van der Waals surface area contributed by atoms with Crippen molar-refractivity contribution in [1.29, 1.82) is 0 Å². The van der Waals surface area contributed by atoms with E-state index in [0.29, 0.717) is 4.47 Å². The lowest BCUT2D eigenvalue weighted by atomic mass is 10.1. The largest absolute Gasteiger partial charge is 0.383 e. The summed E-state index contributed by atoms with van der Waals surface area (Å²) in [5, 5.41) is 9.99. The van der Waals surface area contributed by atoms with Crippen molar-refractivity contribution in [3.05, 3.63) is 49.8 Å². The minimum absolute atomic E-state index is 0.446. The second-order valence-electron chi connectivity index (χ2n) is 2.97. The molecule has 1 aromatic heterocycles. The number of rotatable bonds is 2. The van der Waals surface area contributed by atoms with Crippen LogP contribution in [0.4, 0.5) is 0 Å². The fourth-order valence-electron chi connectivity index (χ4n) is 1.20. The summed E-state index contributed by atoms with van der Waals surface area (Å²) in [4.78, 5) is 4.65. The summed E-state index contributed by atoms with van der Waals surface area (Å²) >= 11 is 10.3. The van der Waals surface area contributed by atoms with E-state index in [1.54, 1.807) is 6.20 Å². The van der Waals surface area contributed by atoms with Crippen LogP contribution < -0.4 is 0 Å². The van der Waals surface area contributed by atoms with Crippen LogP contribution in [0.15, 0.2) is 34.9 Å². The molecule has 0 aliphatic carbocycles. The van der Waals surface area contributed by atoms with Crippen LogP contribution >= 0.6 is 38.9 Å². The molecule has 0 amide bonds. The van der Waals surface area contributed by atoms with Crippen LogP contribution in [0.25, 0.3) is 0 Å². The average Bonchev–Trinajstić information content (AvgIpc) is 2.65. The summed E-state index contributed by atoms with van der Waals surface area (Å²) in [6, 6.07) is 7.51. The first-order chi connectivity index (χ1) is 7.16. The Kier molecular flexibility index (Phi) is 3.41. The molecule has 1 unspecified atom stereocenters. The summed E-state index contributed by atoms with van der Waals surface area (Å²) < 4.78 is 1.43. The Balaban J connectivity index is 2.28. The third-order valence-electron chi connectivity index (χ3n) is 1.95. The first-order valence-corrected chi connectivity index (χ1v) is 6.20. The van der Waals surface area contributed by atoms with Gasteiger partial charge in [-0.1, -0.05) is 39.7 Å². The van der Waals surface area contributed by atoms with Gasteiger partial charge in [-0.05, 0) is 17.7 Å². The lowest BCUT2D eigenvalue weighted by Crippen LogP contribution is -1.96. The van der Waals surface area contributed by atoms with Gasteiger partial charge in [-0.15, -0.1) is 11.3 Å². The third-order valence-corrected chi connectivity index (χ3v) is 3.65. The lowest BCUT2D eigenvalue weighted by molar-refractivity contribution is 0.224. The molecule has 5 heteroatoms. The third kappa shape index (κ3) is 2.58. The first-order valence-electron chi connectivity index (χ1n) is 4.21. The van der Waals surface area contributed by atoms with E-state index in [1.165, 1.54) is 11.3 Å². The van der Waals surface area contributed by atoms with Gasteiger partial charge < -0.3 is 5.11 Å². The number of hydrogen-bond donors (Lipinski definition) is 1. The first kappa shape index (κ1) is 11.1. The molecular weight excluding hydrogens is 298 g/mol. The van der Waals surface area contributed by atoms with E-state index in [0.717, 1.165) is 14.9 Å². The predicted molar refractivity (Wildman–Crippen MR) is 65.3 cm³/mol. The standard InChI is InChI=1S/C10H7BrClNOS/c11-7-3-1-6(2-4-7)9(14)8-5-13-10(12)15-8/h1-5,9,14H. The maximum atomic E-state index is 9.99. The molecule has 0 aliphatic heterocycles. The van der Waals surface area contributed by atoms with Gasteiger partial charge >= 0.3 is 0 Å². The van der Waals surface area contributed by atoms with Crippen molar-refractivity contribution < 1.29 is 5.11 Å². The molecule has 1 heterocycles. The van der Waals surface area contributed by atoms with Crippen LogP contribution in [-0.4, -0.2) is 10.1 Å². The molecule has 0 spiro atoms. The number of halogens is 2. The van der Waals surface area contributed by atoms with Gasteiger partial charge in [0.15, 0.2) is 4.47 Å². The van der Waals surface area contributed by atoms with Crippen LogP contribution in [0.1, 0.15) is 16.5 Å². The highest BCUT2D eigenvalue weighted by Gasteiger charge is 2.13. The molecule has 0 radical (unpaired) electrons. The topological polar surface area (TPSA) is 33.1 Å². The SMILES string of the molecule is OC(c1ccc(Br)cc1)c1cnc(Cl)s1. The van der Waals surface area contributed by atoms with Crippen LogP contribution in [0, 0.1) is 0 Å². The Morgan fingerprint density at radius 2 is 2.00 bits per heavy atom. The van der Waals surface area contributed by atoms with Crippen LogP contribution in [-0.2, 0) is 0 Å². The normalized spacial score (nSPS) is 12.7. The van der Waals surface area contributed by atoms with Crippen LogP contribution in [0.3, 0.4) is 0 Å². The van der Waals surface area contributed by atoms with Gasteiger partial charge in [-0.2, -0.15) is 0 Å². The lowest BCUT2D eigenvalue weighted by Gasteiger charge is -2.07. The summed E-state index contributed by atoms with van der Waals surface area (Å²) in [7, 11) is 0. The summed E-state index contributed by atoms with van der Waals surface area (Å²) in [6.07, 6.45) is 0.947. The van der Waals surface area contributed by atoms with E-state index in [1.807, 2.05) is 24.3 Å². The Hall–Kier alpha value is -0.420. The maximum absolute atomic E-state index is 9.99. The van der Waals surface area contributed by atoms with Crippen molar-refractivity contribution in [2.24, 2.45) is 0 Å². The highest BCUT2D eigenvalue weighted by molar-refractivity contribution is 9.10. The van der Waals surface area contributed by atoms with E-state index >= 15 is 0 Å². The molecule has 78 valence electrons. The smallest absolute Gasteiger partial charge is 0.183 e. The van der Waals surface area contributed by atoms with Crippen molar-refractivity contribution in [3.8, 4) is 0 Å². The molecule has 2 rings (SSSR count). The number of aromatic nitrogens is 1. The number of nitrogens with zero attached hydrogens (tertiary/aromatic N) is 1. The highest BCUT2D eigenvalue weighted by atomic mass is 79.9. The van der Waals surface area contributed by atoms with E-state index in [-0.39, 0.29) is 0 Å². The van der Waals surface area contributed by atoms with Crippen molar-refractivity contribution in [3.63, 3.8) is 0 Å². The summed E-state index contributed by atoms with van der Waals surface area (Å²) in [5.74, 6) is 0. The molecule has 2 nitrogen and oxygen atoms in total. The van der Waals surface area contributed by atoms with E-state index < -0.39 is 6.10 Å². The average molecular weight is 305 g/mol. The van der Waals surface area contributed by atoms with Crippen molar-refractivity contribution >= 4 is 38.9 Å². The number of benzene rings is 1. The van der Waals surface area contributed by atoms with Crippen LogP contribution in [0.5, 0.6) is 0 Å². The summed E-state index contributed by atoms with van der Waals surface area (Å²) in [6.45, 7) is 0. The molecular formula is C10H7BrClNOS. The van der Waals surface area contributed by atoms with Crippen molar-refractivity contribution in [2.45, 2.75) is 6.10 Å². The number of hydrogen-bond acceptors (Lipinski definition) is 3. The molecule has 15 heavy (non-hydrogen) atoms. The molecule has 0 bridgehead atoms. The Labute approximate surface area is 105 Å². The van der Waals surface area contributed by atoms with E-state index in [4.69, 9.17) is 11.6 Å². The van der Waals surface area contributed by atoms with Gasteiger partial charge in [0.25, 0.3) is 0 Å². The van der Waals surface area contributed by atoms with Gasteiger partial charge in [-0.25, -0.2) is 4.98 Å². The van der Waals surface area contributed by atoms with E-state index in [2.05, 4.69) is 20.9 Å². The number of thiazole rings is 1. The van der Waals surface area contributed by atoms with Gasteiger partial charge in [0.2, 0.25) is 0 Å². The molecule has 0 saturated heterocycles. The maximum Gasteiger partial charge on any atom is 0.183 e. The zero-order chi connectivity index (χ0) is 10.8. The van der Waals surface area contributed by atoms with E-state index in [9.17, 15) is 5.11 Å². The molecule has 1 atom stereocenters. The minimum atomic E-state index is -0.650. The highest BCUT2D eigenvalue weighted by Crippen LogP contribution is 2.29. The Bertz CT molecular complexity index is 457. The van der Waals surface area contributed by atoms with Crippen LogP contribution in [0.2, 0.25) is 4.47 Å².